The number of aliphatic carboxylic acids is 1. The molecule has 0 aliphatic heterocycles. The highest BCUT2D eigenvalue weighted by Crippen LogP contribution is 1.94. The smallest absolute Gasteiger partial charge is 0.323 e. The van der Waals surface area contributed by atoms with Crippen LogP contribution >= 0.6 is 0 Å². The number of nitrogens with zero attached hydrogens (tertiary/aromatic N) is 3. The van der Waals surface area contributed by atoms with Crippen LogP contribution in [0.2, 0.25) is 0 Å². The first-order chi connectivity index (χ1) is 5.24. The molecule has 1 N–H and O–H groups in total. The average Bonchev–Trinajstić information content (AvgIpc) is 2.34. The number of hydrogen-bond donors (Lipinski definition) is 1. The van der Waals surface area contributed by atoms with Crippen LogP contribution in [0.1, 0.15) is 12.7 Å². The van der Waals surface area contributed by atoms with Crippen LogP contribution < -0.4 is 0 Å². The van der Waals surface area contributed by atoms with Crippen molar-refractivity contribution < 1.29 is 9.90 Å². The molecule has 1 aromatic heterocycles. The topological polar surface area (TPSA) is 68.0 Å². The molecule has 11 heavy (non-hydrogen) atoms. The predicted octanol–water partition coefficient (Wildman–Crippen LogP) is -0.0749. The number of carboxylic acid groups (broad SMARTS) is 1. The van der Waals surface area contributed by atoms with Crippen molar-refractivity contribution in [2.24, 2.45) is 0 Å². The Labute approximate surface area is 63.7 Å². The molecule has 0 bridgehead atoms. The molecule has 5 heteroatoms. The van der Waals surface area contributed by atoms with Gasteiger partial charge in [-0.15, -0.1) is 10.2 Å². The Morgan fingerprint density at radius 1 is 1.82 bits per heavy atom. The third-order valence-corrected chi connectivity index (χ3v) is 1.32. The average molecular weight is 155 g/mol. The molecule has 1 heterocycles. The lowest BCUT2D eigenvalue weighted by molar-refractivity contribution is -0.137. The lowest BCUT2D eigenvalue weighted by atomic mass is 10.4. The number of aryl methyl sites for hydroxylation is 1. The van der Waals surface area contributed by atoms with Crippen LogP contribution in [-0.2, 0) is 17.8 Å². The van der Waals surface area contributed by atoms with E-state index in [0.717, 1.165) is 0 Å². The van der Waals surface area contributed by atoms with E-state index in [4.69, 9.17) is 5.11 Å². The van der Waals surface area contributed by atoms with Crippen LogP contribution in [0, 0.1) is 0 Å². The molecule has 0 saturated carbocycles. The highest BCUT2D eigenvalue weighted by Gasteiger charge is 2.04. The third kappa shape index (κ3) is 1.76. The summed E-state index contributed by atoms with van der Waals surface area (Å²) in [5, 5.41) is 15.8. The third-order valence-electron chi connectivity index (χ3n) is 1.32. The minimum absolute atomic E-state index is 0.0594. The van der Waals surface area contributed by atoms with Crippen molar-refractivity contribution in [3.05, 3.63) is 12.2 Å². The maximum absolute atomic E-state index is 10.3. The molecule has 0 aliphatic rings. The Balaban J connectivity index is 2.76. The van der Waals surface area contributed by atoms with Gasteiger partial charge in [0.25, 0.3) is 0 Å². The van der Waals surface area contributed by atoms with Gasteiger partial charge in [0.15, 0.2) is 0 Å². The monoisotopic (exact) mass is 155 g/mol. The van der Waals surface area contributed by atoms with Gasteiger partial charge in [0.2, 0.25) is 0 Å². The van der Waals surface area contributed by atoms with E-state index in [-0.39, 0.29) is 6.54 Å². The first kappa shape index (κ1) is 7.71. The van der Waals surface area contributed by atoms with Gasteiger partial charge in [-0.05, 0) is 0 Å². The van der Waals surface area contributed by atoms with Crippen LogP contribution in [0.3, 0.4) is 0 Å². The standard InChI is InChI=1S/C6H9N3O2/c1-2-5-8-7-4-9(5)3-6(10)11/h4H,2-3H2,1H3,(H,10,11). The Kier molecular flexibility index (Phi) is 2.20. The zero-order valence-electron chi connectivity index (χ0n) is 6.19. The quantitative estimate of drug-likeness (QED) is 0.663. The molecule has 0 saturated heterocycles. The fraction of sp³-hybridized carbons (Fsp3) is 0.500. The maximum atomic E-state index is 10.3. The molecule has 60 valence electrons. The lowest BCUT2D eigenvalue weighted by Gasteiger charge is -1.98. The van der Waals surface area contributed by atoms with Crippen LogP contribution in [0.4, 0.5) is 0 Å². The van der Waals surface area contributed by atoms with Crippen molar-refractivity contribution >= 4 is 5.97 Å². The van der Waals surface area contributed by atoms with Crippen molar-refractivity contribution in [2.45, 2.75) is 19.9 Å². The molecule has 0 atom stereocenters. The molecular formula is C6H9N3O2. The van der Waals surface area contributed by atoms with E-state index >= 15 is 0 Å². The van der Waals surface area contributed by atoms with Crippen molar-refractivity contribution in [1.82, 2.24) is 14.8 Å². The van der Waals surface area contributed by atoms with Gasteiger partial charge in [-0.3, -0.25) is 4.79 Å². The molecule has 0 radical (unpaired) electrons. The summed E-state index contributed by atoms with van der Waals surface area (Å²) in [6.45, 7) is 1.85. The second-order valence-corrected chi connectivity index (χ2v) is 2.12. The SMILES string of the molecule is CCc1nncn1CC(=O)O. The molecule has 0 fully saturated rings. The summed E-state index contributed by atoms with van der Waals surface area (Å²) >= 11 is 0. The lowest BCUT2D eigenvalue weighted by Crippen LogP contribution is -2.10. The molecule has 1 rings (SSSR count). The second-order valence-electron chi connectivity index (χ2n) is 2.12. The van der Waals surface area contributed by atoms with E-state index in [0.29, 0.717) is 12.2 Å². The maximum Gasteiger partial charge on any atom is 0.323 e. The molecule has 5 nitrogen and oxygen atoms in total. The van der Waals surface area contributed by atoms with E-state index in [1.807, 2.05) is 6.92 Å². The van der Waals surface area contributed by atoms with Crippen molar-refractivity contribution in [2.75, 3.05) is 0 Å². The normalized spacial score (nSPS) is 9.91. The molecule has 0 aromatic carbocycles. The van der Waals surface area contributed by atoms with Crippen LogP contribution in [0.5, 0.6) is 0 Å². The molecule has 0 spiro atoms. The van der Waals surface area contributed by atoms with Gasteiger partial charge < -0.3 is 9.67 Å². The first-order valence-electron chi connectivity index (χ1n) is 3.32. The minimum atomic E-state index is -0.875. The number of carboxylic acids is 1. The zero-order chi connectivity index (χ0) is 8.27. The van der Waals surface area contributed by atoms with Gasteiger partial charge in [0, 0.05) is 6.42 Å². The van der Waals surface area contributed by atoms with Crippen LogP contribution in [-0.4, -0.2) is 25.8 Å². The Bertz CT molecular complexity index is 256. The van der Waals surface area contributed by atoms with E-state index in [2.05, 4.69) is 10.2 Å². The summed E-state index contributed by atoms with van der Waals surface area (Å²) in [5.41, 5.74) is 0. The van der Waals surface area contributed by atoms with Crippen molar-refractivity contribution in [1.29, 1.82) is 0 Å². The van der Waals surface area contributed by atoms with Gasteiger partial charge in [-0.2, -0.15) is 0 Å². The number of rotatable bonds is 3. The molecule has 1 aromatic rings. The van der Waals surface area contributed by atoms with E-state index in [9.17, 15) is 4.79 Å². The second kappa shape index (κ2) is 3.14. The number of carbonyl (C=O) groups is 1. The van der Waals surface area contributed by atoms with Gasteiger partial charge in [0.05, 0.1) is 0 Å². The fourth-order valence-corrected chi connectivity index (χ4v) is 0.830. The number of hydrogen-bond acceptors (Lipinski definition) is 3. The molecule has 0 aliphatic carbocycles. The minimum Gasteiger partial charge on any atom is -0.480 e. The molecule has 0 unspecified atom stereocenters. The number of aromatic nitrogens is 3. The van der Waals surface area contributed by atoms with E-state index < -0.39 is 5.97 Å². The molecule has 0 amide bonds. The van der Waals surface area contributed by atoms with Gasteiger partial charge in [0.1, 0.15) is 18.7 Å². The van der Waals surface area contributed by atoms with Crippen LogP contribution in [0.15, 0.2) is 6.33 Å². The van der Waals surface area contributed by atoms with Gasteiger partial charge in [-0.1, -0.05) is 6.92 Å². The molecular weight excluding hydrogens is 146 g/mol. The van der Waals surface area contributed by atoms with Crippen LogP contribution in [0.25, 0.3) is 0 Å². The van der Waals surface area contributed by atoms with Crippen molar-refractivity contribution in [3.8, 4) is 0 Å². The van der Waals surface area contributed by atoms with E-state index in [1.54, 1.807) is 0 Å². The Morgan fingerprint density at radius 2 is 2.55 bits per heavy atom. The Morgan fingerprint density at radius 3 is 3.09 bits per heavy atom. The summed E-state index contributed by atoms with van der Waals surface area (Å²) in [6, 6.07) is 0. The summed E-state index contributed by atoms with van der Waals surface area (Å²) in [7, 11) is 0. The van der Waals surface area contributed by atoms with Gasteiger partial charge >= 0.3 is 5.97 Å². The van der Waals surface area contributed by atoms with Crippen molar-refractivity contribution in [3.63, 3.8) is 0 Å². The summed E-state index contributed by atoms with van der Waals surface area (Å²) in [4.78, 5) is 10.3. The van der Waals surface area contributed by atoms with Gasteiger partial charge in [-0.25, -0.2) is 0 Å². The zero-order valence-corrected chi connectivity index (χ0v) is 6.19. The highest BCUT2D eigenvalue weighted by molar-refractivity contribution is 5.66. The summed E-state index contributed by atoms with van der Waals surface area (Å²) in [5.74, 6) is -0.174. The summed E-state index contributed by atoms with van der Waals surface area (Å²) in [6.07, 6.45) is 2.13. The fourth-order valence-electron chi connectivity index (χ4n) is 0.830. The first-order valence-corrected chi connectivity index (χ1v) is 3.32. The Hall–Kier alpha value is -1.39. The summed E-state index contributed by atoms with van der Waals surface area (Å²) < 4.78 is 1.52. The highest BCUT2D eigenvalue weighted by atomic mass is 16.4. The largest absolute Gasteiger partial charge is 0.480 e. The predicted molar refractivity (Wildman–Crippen MR) is 37.0 cm³/mol. The van der Waals surface area contributed by atoms with E-state index in [1.165, 1.54) is 10.9 Å².